The van der Waals surface area contributed by atoms with Gasteiger partial charge in [-0.05, 0) is 49.1 Å². The molecule has 1 aliphatic carbocycles. The molecule has 3 nitrogen and oxygen atoms in total. The summed E-state index contributed by atoms with van der Waals surface area (Å²) in [5, 5.41) is 3.57. The number of hydrogen-bond acceptors (Lipinski definition) is 2. The highest BCUT2D eigenvalue weighted by Gasteiger charge is 2.21. The lowest BCUT2D eigenvalue weighted by atomic mass is 9.91. The molecule has 3 rings (SSSR count). The highest BCUT2D eigenvalue weighted by molar-refractivity contribution is 6.30. The molecular formula is C15H14ClFN2O. The van der Waals surface area contributed by atoms with Crippen LogP contribution in [0.1, 0.15) is 30.1 Å². The third kappa shape index (κ3) is 2.56. The maximum Gasteiger partial charge on any atom is 0.248 e. The molecule has 20 heavy (non-hydrogen) atoms. The molecule has 1 atom stereocenters. The van der Waals surface area contributed by atoms with Crippen molar-refractivity contribution in [2.24, 2.45) is 0 Å². The molecule has 5 heteroatoms. The molecule has 0 saturated carbocycles. The number of aromatic nitrogens is 1. The average molecular weight is 293 g/mol. The number of anilines is 1. The van der Waals surface area contributed by atoms with Crippen LogP contribution in [0.4, 0.5) is 10.1 Å². The number of hydrogen-bond donors (Lipinski definition) is 2. The number of fused-ring (bicyclic) bond motifs is 1. The summed E-state index contributed by atoms with van der Waals surface area (Å²) in [6.45, 7) is 0. The first-order chi connectivity index (χ1) is 9.63. The lowest BCUT2D eigenvalue weighted by molar-refractivity contribution is 0.576. The molecule has 2 aromatic rings. The Bertz CT molecular complexity index is 699. The van der Waals surface area contributed by atoms with Crippen LogP contribution in [0.5, 0.6) is 0 Å². The van der Waals surface area contributed by atoms with Gasteiger partial charge < -0.3 is 10.3 Å². The smallest absolute Gasteiger partial charge is 0.248 e. The van der Waals surface area contributed by atoms with E-state index in [2.05, 4.69) is 10.3 Å². The van der Waals surface area contributed by atoms with E-state index >= 15 is 0 Å². The van der Waals surface area contributed by atoms with Gasteiger partial charge in [0.15, 0.2) is 0 Å². The Morgan fingerprint density at radius 1 is 1.30 bits per heavy atom. The summed E-state index contributed by atoms with van der Waals surface area (Å²) < 4.78 is 13.8. The minimum absolute atomic E-state index is 0.00581. The lowest BCUT2D eigenvalue weighted by Gasteiger charge is -2.27. The second-order valence-corrected chi connectivity index (χ2v) is 5.41. The van der Waals surface area contributed by atoms with E-state index in [0.717, 1.165) is 30.5 Å². The molecule has 0 radical (unpaired) electrons. The van der Waals surface area contributed by atoms with E-state index in [1.807, 2.05) is 6.07 Å². The van der Waals surface area contributed by atoms with Crippen LogP contribution in [0.3, 0.4) is 0 Å². The van der Waals surface area contributed by atoms with E-state index in [1.54, 1.807) is 12.1 Å². The van der Waals surface area contributed by atoms with Gasteiger partial charge in [-0.1, -0.05) is 11.6 Å². The number of halogens is 2. The minimum Gasteiger partial charge on any atom is -0.376 e. The molecule has 104 valence electrons. The lowest BCUT2D eigenvalue weighted by Crippen LogP contribution is -2.22. The quantitative estimate of drug-likeness (QED) is 0.887. The van der Waals surface area contributed by atoms with Crippen LogP contribution in [-0.2, 0) is 6.42 Å². The third-order valence-corrected chi connectivity index (χ3v) is 3.83. The number of pyridine rings is 1. The van der Waals surface area contributed by atoms with Gasteiger partial charge in [0.05, 0.1) is 11.7 Å². The van der Waals surface area contributed by atoms with Crippen molar-refractivity contribution in [2.45, 2.75) is 25.3 Å². The normalized spacial score (nSPS) is 17.6. The molecule has 1 aromatic carbocycles. The fourth-order valence-electron chi connectivity index (χ4n) is 2.64. The Kier molecular flexibility index (Phi) is 3.49. The van der Waals surface area contributed by atoms with E-state index in [4.69, 9.17) is 11.6 Å². The first-order valence-electron chi connectivity index (χ1n) is 6.57. The SMILES string of the molecule is O=c1ccc2c([nH]1)CCCC2Nc1ccc(Cl)cc1F. The first-order valence-corrected chi connectivity index (χ1v) is 6.95. The number of aryl methyl sites for hydroxylation is 1. The molecule has 1 unspecified atom stereocenters. The Morgan fingerprint density at radius 2 is 2.15 bits per heavy atom. The summed E-state index contributed by atoms with van der Waals surface area (Å²) >= 11 is 5.75. The summed E-state index contributed by atoms with van der Waals surface area (Å²) in [4.78, 5) is 14.2. The van der Waals surface area contributed by atoms with Crippen molar-refractivity contribution in [3.05, 3.63) is 62.8 Å². The molecule has 1 aromatic heterocycles. The Balaban J connectivity index is 1.91. The number of rotatable bonds is 2. The van der Waals surface area contributed by atoms with E-state index < -0.39 is 0 Å². The molecule has 1 aliphatic rings. The molecule has 0 bridgehead atoms. The van der Waals surface area contributed by atoms with Crippen molar-refractivity contribution >= 4 is 17.3 Å². The van der Waals surface area contributed by atoms with Gasteiger partial charge in [-0.3, -0.25) is 4.79 Å². The zero-order chi connectivity index (χ0) is 14.1. The van der Waals surface area contributed by atoms with Crippen LogP contribution in [0.2, 0.25) is 5.02 Å². The highest BCUT2D eigenvalue weighted by atomic mass is 35.5. The van der Waals surface area contributed by atoms with Crippen LogP contribution >= 0.6 is 11.6 Å². The second kappa shape index (κ2) is 5.29. The van der Waals surface area contributed by atoms with Crippen molar-refractivity contribution in [1.82, 2.24) is 4.98 Å². The van der Waals surface area contributed by atoms with Gasteiger partial charge in [0.1, 0.15) is 5.82 Å². The summed E-state index contributed by atoms with van der Waals surface area (Å²) in [5.41, 5.74) is 2.31. The average Bonchev–Trinajstić information content (AvgIpc) is 2.41. The standard InChI is InChI=1S/C15H14ClFN2O/c16-9-4-6-14(11(17)8-9)18-12-2-1-3-13-10(12)5-7-15(20)19-13/h4-8,12,18H,1-3H2,(H,19,20). The predicted octanol–water partition coefficient (Wildman–Crippen LogP) is 3.66. The third-order valence-electron chi connectivity index (χ3n) is 3.59. The maximum absolute atomic E-state index is 13.8. The van der Waals surface area contributed by atoms with E-state index in [-0.39, 0.29) is 17.4 Å². The zero-order valence-electron chi connectivity index (χ0n) is 10.7. The maximum atomic E-state index is 13.8. The van der Waals surface area contributed by atoms with Crippen LogP contribution in [0.15, 0.2) is 35.1 Å². The second-order valence-electron chi connectivity index (χ2n) is 4.97. The fourth-order valence-corrected chi connectivity index (χ4v) is 2.80. The van der Waals surface area contributed by atoms with Gasteiger partial charge >= 0.3 is 0 Å². The van der Waals surface area contributed by atoms with Crippen LogP contribution in [0, 0.1) is 5.82 Å². The minimum atomic E-state index is -0.367. The molecular weight excluding hydrogens is 279 g/mol. The summed E-state index contributed by atoms with van der Waals surface area (Å²) in [6, 6.07) is 7.92. The van der Waals surface area contributed by atoms with Crippen molar-refractivity contribution < 1.29 is 4.39 Å². The number of aromatic amines is 1. The Morgan fingerprint density at radius 3 is 2.95 bits per heavy atom. The molecule has 0 saturated heterocycles. The summed E-state index contributed by atoms with van der Waals surface area (Å²) in [6.07, 6.45) is 2.72. The fraction of sp³-hybridized carbons (Fsp3) is 0.267. The van der Waals surface area contributed by atoms with Gasteiger partial charge in [0, 0.05) is 16.8 Å². The van der Waals surface area contributed by atoms with Gasteiger partial charge in [-0.15, -0.1) is 0 Å². The number of nitrogens with one attached hydrogen (secondary N) is 2. The van der Waals surface area contributed by atoms with Crippen molar-refractivity contribution in [2.75, 3.05) is 5.32 Å². The van der Waals surface area contributed by atoms with E-state index in [1.165, 1.54) is 12.1 Å². The van der Waals surface area contributed by atoms with Crippen molar-refractivity contribution in [1.29, 1.82) is 0 Å². The van der Waals surface area contributed by atoms with E-state index in [9.17, 15) is 9.18 Å². The highest BCUT2D eigenvalue weighted by Crippen LogP contribution is 2.32. The van der Waals surface area contributed by atoms with Gasteiger partial charge in [0.25, 0.3) is 0 Å². The molecule has 0 amide bonds. The topological polar surface area (TPSA) is 44.9 Å². The van der Waals surface area contributed by atoms with Crippen LogP contribution < -0.4 is 10.9 Å². The Labute approximate surface area is 120 Å². The molecule has 1 heterocycles. The van der Waals surface area contributed by atoms with Crippen LogP contribution in [-0.4, -0.2) is 4.98 Å². The monoisotopic (exact) mass is 292 g/mol. The number of H-pyrrole nitrogens is 1. The molecule has 0 aliphatic heterocycles. The van der Waals surface area contributed by atoms with Crippen molar-refractivity contribution in [3.8, 4) is 0 Å². The van der Waals surface area contributed by atoms with Crippen LogP contribution in [0.25, 0.3) is 0 Å². The van der Waals surface area contributed by atoms with Gasteiger partial charge in [0.2, 0.25) is 5.56 Å². The largest absolute Gasteiger partial charge is 0.376 e. The van der Waals surface area contributed by atoms with Crippen molar-refractivity contribution in [3.63, 3.8) is 0 Å². The van der Waals surface area contributed by atoms with E-state index in [0.29, 0.717) is 10.7 Å². The number of benzene rings is 1. The zero-order valence-corrected chi connectivity index (χ0v) is 11.5. The molecule has 2 N–H and O–H groups in total. The van der Waals surface area contributed by atoms with Gasteiger partial charge in [-0.2, -0.15) is 0 Å². The first kappa shape index (κ1) is 13.2. The van der Waals surface area contributed by atoms with Gasteiger partial charge in [-0.25, -0.2) is 4.39 Å². The Hall–Kier alpha value is -1.81. The molecule has 0 fully saturated rings. The summed E-state index contributed by atoms with van der Waals surface area (Å²) in [7, 11) is 0. The molecule has 0 spiro atoms. The summed E-state index contributed by atoms with van der Waals surface area (Å²) in [5.74, 6) is -0.367. The predicted molar refractivity (Wildman–Crippen MR) is 77.8 cm³/mol.